The summed E-state index contributed by atoms with van der Waals surface area (Å²) in [5, 5.41) is 5.39. The molecule has 1 aliphatic rings. The second-order valence-corrected chi connectivity index (χ2v) is 4.46. The van der Waals surface area contributed by atoms with Gasteiger partial charge in [-0.05, 0) is 13.8 Å². The highest BCUT2D eigenvalue weighted by molar-refractivity contribution is 5.99. The van der Waals surface area contributed by atoms with Gasteiger partial charge in [0.05, 0.1) is 19.6 Å². The monoisotopic (exact) mass is 263 g/mol. The number of piperazine rings is 1. The van der Waals surface area contributed by atoms with Crippen molar-refractivity contribution in [2.75, 3.05) is 25.0 Å². The van der Waals surface area contributed by atoms with Gasteiger partial charge >= 0.3 is 0 Å². The van der Waals surface area contributed by atoms with Crippen molar-refractivity contribution < 1.29 is 9.59 Å². The Morgan fingerprint density at radius 2 is 2.00 bits per heavy atom. The Kier molecular flexibility index (Phi) is 4.06. The highest BCUT2D eigenvalue weighted by atomic mass is 16.2. The van der Waals surface area contributed by atoms with Gasteiger partial charge in [0.15, 0.2) is 0 Å². The van der Waals surface area contributed by atoms with Gasteiger partial charge in [-0.3, -0.25) is 19.8 Å². The first-order valence-electron chi connectivity index (χ1n) is 6.20. The number of anilines is 1. The van der Waals surface area contributed by atoms with E-state index in [0.717, 1.165) is 18.1 Å². The van der Waals surface area contributed by atoms with Crippen LogP contribution in [-0.4, -0.2) is 46.3 Å². The Labute approximate surface area is 111 Å². The third kappa shape index (κ3) is 3.72. The van der Waals surface area contributed by atoms with Crippen molar-refractivity contribution in [3.8, 4) is 0 Å². The molecule has 1 fully saturated rings. The lowest BCUT2D eigenvalue weighted by Gasteiger charge is -2.24. The smallest absolute Gasteiger partial charge is 0.240 e. The van der Waals surface area contributed by atoms with Crippen molar-refractivity contribution in [3.05, 3.63) is 17.6 Å². The fourth-order valence-corrected chi connectivity index (χ4v) is 1.98. The van der Waals surface area contributed by atoms with Crippen molar-refractivity contribution >= 4 is 17.6 Å². The highest BCUT2D eigenvalue weighted by Crippen LogP contribution is 2.08. The SMILES string of the molecule is CCNc1cc(C)nc(CN2CC(=O)NC(=O)C2)n1. The number of aryl methyl sites for hydroxylation is 1. The quantitative estimate of drug-likeness (QED) is 0.724. The van der Waals surface area contributed by atoms with E-state index in [1.54, 1.807) is 4.90 Å². The molecule has 0 bridgehead atoms. The molecule has 0 unspecified atom stereocenters. The summed E-state index contributed by atoms with van der Waals surface area (Å²) in [5.74, 6) is 0.808. The molecule has 2 heterocycles. The predicted molar refractivity (Wildman–Crippen MR) is 69.4 cm³/mol. The van der Waals surface area contributed by atoms with Crippen LogP contribution in [0, 0.1) is 6.92 Å². The number of aromatic nitrogens is 2. The first-order valence-corrected chi connectivity index (χ1v) is 6.20. The molecule has 102 valence electrons. The Balaban J connectivity index is 2.09. The molecule has 2 rings (SSSR count). The second-order valence-electron chi connectivity index (χ2n) is 4.46. The molecule has 1 aliphatic heterocycles. The van der Waals surface area contributed by atoms with Gasteiger partial charge in [0.25, 0.3) is 0 Å². The Hall–Kier alpha value is -2.02. The Morgan fingerprint density at radius 1 is 1.32 bits per heavy atom. The van der Waals surface area contributed by atoms with Crippen LogP contribution in [0.25, 0.3) is 0 Å². The van der Waals surface area contributed by atoms with Crippen molar-refractivity contribution in [1.82, 2.24) is 20.2 Å². The number of amides is 2. The van der Waals surface area contributed by atoms with Crippen LogP contribution in [0.5, 0.6) is 0 Å². The maximum absolute atomic E-state index is 11.3. The normalized spacial score (nSPS) is 16.3. The summed E-state index contributed by atoms with van der Waals surface area (Å²) in [4.78, 5) is 33.0. The molecule has 0 saturated carbocycles. The minimum Gasteiger partial charge on any atom is -0.370 e. The maximum atomic E-state index is 11.3. The molecule has 7 nitrogen and oxygen atoms in total. The molecule has 0 aromatic carbocycles. The van der Waals surface area contributed by atoms with Crippen molar-refractivity contribution in [3.63, 3.8) is 0 Å². The van der Waals surface area contributed by atoms with Gasteiger partial charge in [0.1, 0.15) is 11.6 Å². The summed E-state index contributed by atoms with van der Waals surface area (Å²) in [6, 6.07) is 1.86. The zero-order valence-corrected chi connectivity index (χ0v) is 11.1. The van der Waals surface area contributed by atoms with Crippen LogP contribution in [0.1, 0.15) is 18.4 Å². The van der Waals surface area contributed by atoms with E-state index in [1.807, 2.05) is 19.9 Å². The van der Waals surface area contributed by atoms with E-state index in [0.29, 0.717) is 12.4 Å². The van der Waals surface area contributed by atoms with Gasteiger partial charge in [-0.2, -0.15) is 0 Å². The summed E-state index contributed by atoms with van der Waals surface area (Å²) in [6.45, 7) is 5.43. The minimum atomic E-state index is -0.282. The number of hydrogen-bond acceptors (Lipinski definition) is 6. The van der Waals surface area contributed by atoms with Crippen LogP contribution in [0.4, 0.5) is 5.82 Å². The number of rotatable bonds is 4. The summed E-state index contributed by atoms with van der Waals surface area (Å²) in [7, 11) is 0. The average molecular weight is 263 g/mol. The molecule has 0 aliphatic carbocycles. The molecule has 7 heteroatoms. The van der Waals surface area contributed by atoms with E-state index >= 15 is 0 Å². The number of nitrogens with zero attached hydrogens (tertiary/aromatic N) is 3. The van der Waals surface area contributed by atoms with Gasteiger partial charge in [0, 0.05) is 18.3 Å². The van der Waals surface area contributed by atoms with Crippen LogP contribution in [0.2, 0.25) is 0 Å². The molecule has 0 spiro atoms. The van der Waals surface area contributed by atoms with Crippen LogP contribution < -0.4 is 10.6 Å². The van der Waals surface area contributed by atoms with Gasteiger partial charge in [-0.1, -0.05) is 0 Å². The van der Waals surface area contributed by atoms with Crippen molar-refractivity contribution in [2.45, 2.75) is 20.4 Å². The summed E-state index contributed by atoms with van der Waals surface area (Å²) in [6.07, 6.45) is 0. The number of carbonyl (C=O) groups is 2. The molecule has 2 N–H and O–H groups in total. The van der Waals surface area contributed by atoms with E-state index in [2.05, 4.69) is 20.6 Å². The minimum absolute atomic E-state index is 0.194. The molecule has 19 heavy (non-hydrogen) atoms. The lowest BCUT2D eigenvalue weighted by Crippen LogP contribution is -2.51. The van der Waals surface area contributed by atoms with E-state index in [1.165, 1.54) is 0 Å². The van der Waals surface area contributed by atoms with Crippen LogP contribution >= 0.6 is 0 Å². The van der Waals surface area contributed by atoms with Crippen LogP contribution in [0.3, 0.4) is 0 Å². The summed E-state index contributed by atoms with van der Waals surface area (Å²) >= 11 is 0. The number of imide groups is 1. The zero-order chi connectivity index (χ0) is 13.8. The fourth-order valence-electron chi connectivity index (χ4n) is 1.98. The maximum Gasteiger partial charge on any atom is 0.240 e. The highest BCUT2D eigenvalue weighted by Gasteiger charge is 2.23. The fraction of sp³-hybridized carbons (Fsp3) is 0.500. The molecular formula is C12H17N5O2. The zero-order valence-electron chi connectivity index (χ0n) is 11.1. The molecule has 1 aromatic heterocycles. The number of hydrogen-bond donors (Lipinski definition) is 2. The van der Waals surface area contributed by atoms with Crippen molar-refractivity contribution in [1.29, 1.82) is 0 Å². The summed E-state index contributed by atoms with van der Waals surface area (Å²) < 4.78 is 0. The van der Waals surface area contributed by atoms with Gasteiger partial charge in [0.2, 0.25) is 11.8 Å². The molecule has 0 radical (unpaired) electrons. The second kappa shape index (κ2) is 5.75. The first kappa shape index (κ1) is 13.4. The van der Waals surface area contributed by atoms with E-state index < -0.39 is 0 Å². The van der Waals surface area contributed by atoms with Gasteiger partial charge < -0.3 is 5.32 Å². The number of carbonyl (C=O) groups excluding carboxylic acids is 2. The lowest BCUT2D eigenvalue weighted by atomic mass is 10.3. The summed E-state index contributed by atoms with van der Waals surface area (Å²) in [5.41, 5.74) is 0.855. The Bertz CT molecular complexity index is 487. The third-order valence-electron chi connectivity index (χ3n) is 2.64. The van der Waals surface area contributed by atoms with Crippen LogP contribution in [-0.2, 0) is 16.1 Å². The topological polar surface area (TPSA) is 87.2 Å². The third-order valence-corrected chi connectivity index (χ3v) is 2.64. The lowest BCUT2D eigenvalue weighted by molar-refractivity contribution is -0.136. The molecule has 1 aromatic rings. The predicted octanol–water partition coefficient (Wildman–Crippen LogP) is -0.325. The molecule has 0 atom stereocenters. The van der Waals surface area contributed by atoms with E-state index in [-0.39, 0.29) is 24.9 Å². The van der Waals surface area contributed by atoms with E-state index in [4.69, 9.17) is 0 Å². The standard InChI is InChI=1S/C12H17N5O2/c1-3-13-9-4-8(2)14-10(15-9)5-17-6-11(18)16-12(19)7-17/h4H,3,5-7H2,1-2H3,(H,13,14,15)(H,16,18,19). The molecule has 2 amide bonds. The Morgan fingerprint density at radius 3 is 2.63 bits per heavy atom. The molecular weight excluding hydrogens is 246 g/mol. The van der Waals surface area contributed by atoms with Gasteiger partial charge in [-0.15, -0.1) is 0 Å². The molecule has 1 saturated heterocycles. The largest absolute Gasteiger partial charge is 0.370 e. The average Bonchev–Trinajstić information content (AvgIpc) is 2.26. The van der Waals surface area contributed by atoms with E-state index in [9.17, 15) is 9.59 Å². The van der Waals surface area contributed by atoms with Gasteiger partial charge in [-0.25, -0.2) is 9.97 Å². The number of nitrogens with one attached hydrogen (secondary N) is 2. The first-order chi connectivity index (χ1) is 9.06. The van der Waals surface area contributed by atoms with Crippen LogP contribution in [0.15, 0.2) is 6.07 Å². The van der Waals surface area contributed by atoms with Crippen molar-refractivity contribution in [2.24, 2.45) is 0 Å².